The molecule has 0 N–H and O–H groups in total. The molecule has 0 fully saturated rings. The summed E-state index contributed by atoms with van der Waals surface area (Å²) in [6.45, 7) is 13.2. The van der Waals surface area contributed by atoms with E-state index in [4.69, 9.17) is 13.3 Å². The van der Waals surface area contributed by atoms with Gasteiger partial charge in [-0.15, -0.1) is 0 Å². The molecule has 0 unspecified atom stereocenters. The molecule has 0 aliphatic heterocycles. The Labute approximate surface area is 408 Å². The van der Waals surface area contributed by atoms with Crippen LogP contribution in [0.3, 0.4) is 0 Å². The summed E-state index contributed by atoms with van der Waals surface area (Å²) in [5.41, 5.74) is 11.4. The van der Waals surface area contributed by atoms with Crippen LogP contribution in [-0.4, -0.2) is 0 Å². The summed E-state index contributed by atoms with van der Waals surface area (Å²) in [7, 11) is 0. The van der Waals surface area contributed by atoms with Crippen molar-refractivity contribution in [1.29, 1.82) is 0 Å². The molecule has 0 atom stereocenters. The number of hydrogen-bond donors (Lipinski definition) is 0. The monoisotopic (exact) mass is 930 g/mol. The standard InChI is InChI=1S/C64H48F2N2O3/c1-63(2,3)51-23-11-19-45-47-21-13-25-53(61(47)70-59(45)51)67(39-31-27-37(65)28-32-39)55-35-49-50-36-56(42-16-8-10-18-44(42)58(50)69-57(49)43-17-9-7-15-41(43)55)68(40-33-29-38(66)30-34-40)54-26-14-22-48-46-20-12-24-52(64(4,5)6)60(46)71-62(48)54/h7-36H,1-6H3. The highest BCUT2D eigenvalue weighted by molar-refractivity contribution is 6.26. The van der Waals surface area contributed by atoms with Gasteiger partial charge in [0.25, 0.3) is 0 Å². The Balaban J connectivity index is 1.12. The topological polar surface area (TPSA) is 45.9 Å². The molecular weight excluding hydrogens is 883 g/mol. The van der Waals surface area contributed by atoms with Gasteiger partial charge >= 0.3 is 0 Å². The maximum absolute atomic E-state index is 14.9. The summed E-state index contributed by atoms with van der Waals surface area (Å²) in [4.78, 5) is 4.37. The number of para-hydroxylation sites is 4. The number of rotatable bonds is 6. The van der Waals surface area contributed by atoms with Crippen LogP contribution in [0, 0.1) is 11.6 Å². The second-order valence-corrected chi connectivity index (χ2v) is 20.7. The van der Waals surface area contributed by atoms with Crippen LogP contribution in [0.1, 0.15) is 52.7 Å². The van der Waals surface area contributed by atoms with Crippen LogP contribution in [0.25, 0.3) is 87.4 Å². The van der Waals surface area contributed by atoms with Gasteiger partial charge in [0.1, 0.15) is 34.0 Å². The number of hydrogen-bond acceptors (Lipinski definition) is 5. The van der Waals surface area contributed by atoms with E-state index in [-0.39, 0.29) is 22.5 Å². The predicted molar refractivity (Wildman–Crippen MR) is 290 cm³/mol. The van der Waals surface area contributed by atoms with E-state index in [1.54, 1.807) is 0 Å². The SMILES string of the molecule is CC(C)(C)c1cccc2c1oc1c(N(c3ccc(F)cc3)c3cc4c5cc(N(c6ccc(F)cc6)c6cccc7c6oc6c(C(C)(C)C)cccc67)c6ccccc6c5oc4c4ccccc34)cccc12. The fourth-order valence-electron chi connectivity index (χ4n) is 10.9. The molecule has 7 heteroatoms. The molecule has 0 saturated carbocycles. The fraction of sp³-hybridized carbons (Fsp3) is 0.125. The van der Waals surface area contributed by atoms with Gasteiger partial charge in [-0.1, -0.05) is 151 Å². The number of benzene rings is 10. The van der Waals surface area contributed by atoms with Crippen molar-refractivity contribution in [1.82, 2.24) is 0 Å². The Morgan fingerprint density at radius 2 is 0.606 bits per heavy atom. The van der Waals surface area contributed by atoms with Gasteiger partial charge in [0.05, 0.1) is 22.7 Å². The number of halogens is 2. The molecule has 346 valence electrons. The summed E-state index contributed by atoms with van der Waals surface area (Å²) >= 11 is 0. The van der Waals surface area contributed by atoms with Crippen LogP contribution in [0.15, 0.2) is 195 Å². The maximum atomic E-state index is 14.9. The number of furan rings is 3. The molecule has 0 aliphatic rings. The van der Waals surface area contributed by atoms with Gasteiger partial charge in [0.2, 0.25) is 0 Å². The van der Waals surface area contributed by atoms with Gasteiger partial charge in [0, 0.05) is 76.4 Å². The lowest BCUT2D eigenvalue weighted by Gasteiger charge is -2.27. The van der Waals surface area contributed by atoms with Gasteiger partial charge in [-0.05, 0) is 83.6 Å². The first kappa shape index (κ1) is 42.7. The molecule has 13 rings (SSSR count). The summed E-state index contributed by atoms with van der Waals surface area (Å²) in [5.74, 6) is -0.658. The molecule has 0 aliphatic carbocycles. The minimum Gasteiger partial charge on any atom is -0.455 e. The van der Waals surface area contributed by atoms with E-state index in [0.717, 1.165) is 133 Å². The lowest BCUT2D eigenvalue weighted by Crippen LogP contribution is -2.11. The number of anilines is 6. The van der Waals surface area contributed by atoms with Crippen LogP contribution in [0.5, 0.6) is 0 Å². The molecule has 0 radical (unpaired) electrons. The summed E-state index contributed by atoms with van der Waals surface area (Å²) < 4.78 is 51.0. The zero-order chi connectivity index (χ0) is 48.5. The van der Waals surface area contributed by atoms with Crippen LogP contribution in [0.4, 0.5) is 42.9 Å². The molecule has 0 spiro atoms. The average Bonchev–Trinajstić information content (AvgIpc) is 4.07. The van der Waals surface area contributed by atoms with Gasteiger partial charge in [-0.25, -0.2) is 8.78 Å². The first-order valence-corrected chi connectivity index (χ1v) is 24.1. The van der Waals surface area contributed by atoms with Crippen molar-refractivity contribution in [2.24, 2.45) is 0 Å². The Morgan fingerprint density at radius 1 is 0.296 bits per heavy atom. The molecule has 0 bridgehead atoms. The highest BCUT2D eigenvalue weighted by Gasteiger charge is 2.29. The van der Waals surface area contributed by atoms with Gasteiger partial charge in [0.15, 0.2) is 11.2 Å². The summed E-state index contributed by atoms with van der Waals surface area (Å²) in [6.07, 6.45) is 0. The lowest BCUT2D eigenvalue weighted by molar-refractivity contribution is 0.572. The molecule has 13 aromatic rings. The Morgan fingerprint density at radius 3 is 0.986 bits per heavy atom. The third kappa shape index (κ3) is 6.63. The summed E-state index contributed by atoms with van der Waals surface area (Å²) in [5, 5.41) is 9.52. The van der Waals surface area contributed by atoms with Crippen LogP contribution in [0.2, 0.25) is 0 Å². The fourth-order valence-corrected chi connectivity index (χ4v) is 10.9. The van der Waals surface area contributed by atoms with Crippen molar-refractivity contribution < 1.29 is 22.0 Å². The molecule has 71 heavy (non-hydrogen) atoms. The van der Waals surface area contributed by atoms with Gasteiger partial charge < -0.3 is 23.1 Å². The molecular formula is C64H48F2N2O3. The van der Waals surface area contributed by atoms with Gasteiger partial charge in [-0.3, -0.25) is 0 Å². The van der Waals surface area contributed by atoms with Gasteiger partial charge in [-0.2, -0.15) is 0 Å². The third-order valence-electron chi connectivity index (χ3n) is 14.2. The van der Waals surface area contributed by atoms with E-state index < -0.39 is 0 Å². The molecule has 0 saturated heterocycles. The molecule has 3 heterocycles. The largest absolute Gasteiger partial charge is 0.455 e. The average molecular weight is 931 g/mol. The Hall–Kier alpha value is -8.42. The summed E-state index contributed by atoms with van der Waals surface area (Å²) in [6, 6.07) is 59.5. The van der Waals surface area contributed by atoms with Crippen LogP contribution >= 0.6 is 0 Å². The quantitative estimate of drug-likeness (QED) is 0.166. The molecule has 5 nitrogen and oxygen atoms in total. The molecule has 3 aromatic heterocycles. The van der Waals surface area contributed by atoms with Crippen molar-refractivity contribution in [2.75, 3.05) is 9.80 Å². The second-order valence-electron chi connectivity index (χ2n) is 20.7. The molecule has 0 amide bonds. The zero-order valence-corrected chi connectivity index (χ0v) is 40.2. The van der Waals surface area contributed by atoms with E-state index in [1.165, 1.54) is 24.3 Å². The minimum absolute atomic E-state index is 0.169. The van der Waals surface area contributed by atoms with Crippen molar-refractivity contribution in [3.05, 3.63) is 205 Å². The minimum atomic E-state index is -0.329. The third-order valence-corrected chi connectivity index (χ3v) is 14.2. The first-order valence-electron chi connectivity index (χ1n) is 24.1. The smallest absolute Gasteiger partial charge is 0.159 e. The lowest BCUT2D eigenvalue weighted by atomic mass is 9.86. The van der Waals surface area contributed by atoms with E-state index in [9.17, 15) is 8.78 Å². The first-order chi connectivity index (χ1) is 34.3. The van der Waals surface area contributed by atoms with Crippen molar-refractivity contribution >= 4 is 121 Å². The predicted octanol–water partition coefficient (Wildman–Crippen LogP) is 19.5. The highest BCUT2D eigenvalue weighted by atomic mass is 19.1. The van der Waals surface area contributed by atoms with Crippen LogP contribution in [-0.2, 0) is 10.8 Å². The molecule has 10 aromatic carbocycles. The zero-order valence-electron chi connectivity index (χ0n) is 40.2. The van der Waals surface area contributed by atoms with Crippen LogP contribution < -0.4 is 9.80 Å². The Kier molecular flexibility index (Phi) is 9.34. The maximum Gasteiger partial charge on any atom is 0.159 e. The van der Waals surface area contributed by atoms with Crippen molar-refractivity contribution in [3.63, 3.8) is 0 Å². The second kappa shape index (κ2) is 15.5. The van der Waals surface area contributed by atoms with E-state index >= 15 is 0 Å². The van der Waals surface area contributed by atoms with E-state index in [2.05, 4.69) is 161 Å². The number of nitrogens with zero attached hydrogens (tertiary/aromatic N) is 2. The number of fused-ring (bicyclic) bond motifs is 13. The van der Waals surface area contributed by atoms with E-state index in [0.29, 0.717) is 0 Å². The normalized spacial score (nSPS) is 12.5. The van der Waals surface area contributed by atoms with Crippen molar-refractivity contribution in [3.8, 4) is 0 Å². The highest BCUT2D eigenvalue weighted by Crippen LogP contribution is 2.52. The Bertz CT molecular complexity index is 4010. The van der Waals surface area contributed by atoms with E-state index in [1.807, 2.05) is 48.5 Å². The van der Waals surface area contributed by atoms with Crippen molar-refractivity contribution in [2.45, 2.75) is 52.4 Å².